The summed E-state index contributed by atoms with van der Waals surface area (Å²) in [5.41, 5.74) is 3.56. The predicted octanol–water partition coefficient (Wildman–Crippen LogP) is 3.73. The molecular weight excluding hydrogens is 392 g/mol. The zero-order valence-corrected chi connectivity index (χ0v) is 16.0. The first-order valence-corrected chi connectivity index (χ1v) is 9.39. The van der Waals surface area contributed by atoms with Gasteiger partial charge >= 0.3 is 0 Å². The molecule has 9 heteroatoms. The van der Waals surface area contributed by atoms with Crippen molar-refractivity contribution in [2.75, 3.05) is 5.43 Å². The molecule has 1 N–H and O–H groups in total. The van der Waals surface area contributed by atoms with Crippen molar-refractivity contribution in [3.8, 4) is 11.1 Å². The van der Waals surface area contributed by atoms with Gasteiger partial charge in [0.25, 0.3) is 17.2 Å². The van der Waals surface area contributed by atoms with Gasteiger partial charge in [-0.1, -0.05) is 36.4 Å². The Hall–Kier alpha value is -3.85. The molecule has 4 aromatic rings. The van der Waals surface area contributed by atoms with E-state index in [-0.39, 0.29) is 11.3 Å². The number of nitrogens with zero attached hydrogens (tertiary/aromatic N) is 3. The molecule has 144 valence electrons. The highest BCUT2D eigenvalue weighted by Crippen LogP contribution is 2.35. The minimum atomic E-state index is -0.648. The number of nitrogens with one attached hydrogen (secondary N) is 1. The molecule has 4 rings (SSSR count). The molecule has 0 radical (unpaired) electrons. The molecule has 0 saturated heterocycles. The summed E-state index contributed by atoms with van der Waals surface area (Å²) in [5.74, 6) is -0.648. The number of hydrogen-bond acceptors (Lipinski definition) is 6. The lowest BCUT2D eigenvalue weighted by atomic mass is 10.0. The number of amides is 1. The molecule has 1 amide bonds. The van der Waals surface area contributed by atoms with Crippen LogP contribution in [-0.4, -0.2) is 20.5 Å². The van der Waals surface area contributed by atoms with Crippen LogP contribution < -0.4 is 11.0 Å². The Morgan fingerprint density at radius 3 is 2.66 bits per heavy atom. The van der Waals surface area contributed by atoms with Gasteiger partial charge in [0.05, 0.1) is 10.3 Å². The summed E-state index contributed by atoms with van der Waals surface area (Å²) in [6.07, 6.45) is 1.24. The minimum absolute atomic E-state index is 0.0657. The molecule has 2 aromatic heterocycles. The van der Waals surface area contributed by atoms with Crippen molar-refractivity contribution >= 4 is 33.1 Å². The maximum Gasteiger partial charge on any atom is 0.281 e. The van der Waals surface area contributed by atoms with E-state index in [1.807, 2.05) is 37.3 Å². The fourth-order valence-electron chi connectivity index (χ4n) is 3.07. The molecule has 29 heavy (non-hydrogen) atoms. The van der Waals surface area contributed by atoms with Crippen LogP contribution >= 0.6 is 11.3 Å². The second kappa shape index (κ2) is 7.28. The van der Waals surface area contributed by atoms with Gasteiger partial charge in [-0.25, -0.2) is 9.66 Å². The number of nitro benzene ring substituents is 1. The molecule has 0 atom stereocenters. The minimum Gasteiger partial charge on any atom is -0.267 e. The molecule has 2 heterocycles. The number of rotatable bonds is 4. The molecule has 0 aliphatic carbocycles. The van der Waals surface area contributed by atoms with Crippen LogP contribution in [-0.2, 0) is 0 Å². The Labute approximate surface area is 168 Å². The normalized spacial score (nSPS) is 10.8. The summed E-state index contributed by atoms with van der Waals surface area (Å²) in [5, 5.41) is 11.3. The molecular formula is C20H14N4O4S. The number of carbonyl (C=O) groups is 1. The number of aromatic nitrogens is 2. The van der Waals surface area contributed by atoms with Crippen LogP contribution in [0.4, 0.5) is 5.69 Å². The summed E-state index contributed by atoms with van der Waals surface area (Å²) >= 11 is 1.40. The van der Waals surface area contributed by atoms with Crippen LogP contribution in [0.3, 0.4) is 0 Å². The number of benzene rings is 2. The predicted molar refractivity (Wildman–Crippen MR) is 111 cm³/mol. The third-order valence-electron chi connectivity index (χ3n) is 4.39. The number of fused-ring (bicyclic) bond motifs is 1. The van der Waals surface area contributed by atoms with E-state index in [2.05, 4.69) is 10.4 Å². The van der Waals surface area contributed by atoms with Crippen molar-refractivity contribution in [2.45, 2.75) is 6.92 Å². The summed E-state index contributed by atoms with van der Waals surface area (Å²) < 4.78 is 1.00. The standard InChI is InChI=1S/C20H14N4O4S/c1-12-16(13-6-3-2-4-7-13)17-19(29-12)21-11-23(20(17)26)22-18(25)14-8-5-9-15(10-14)24(27)28/h2-11H,1H3,(H,22,25). The number of aryl methyl sites for hydroxylation is 1. The van der Waals surface area contributed by atoms with Gasteiger partial charge in [-0.05, 0) is 18.6 Å². The van der Waals surface area contributed by atoms with Crippen molar-refractivity contribution in [1.82, 2.24) is 9.66 Å². The maximum atomic E-state index is 13.1. The van der Waals surface area contributed by atoms with Crippen molar-refractivity contribution < 1.29 is 9.72 Å². The smallest absolute Gasteiger partial charge is 0.267 e. The van der Waals surface area contributed by atoms with Crippen LogP contribution in [0, 0.1) is 17.0 Å². The Morgan fingerprint density at radius 2 is 1.93 bits per heavy atom. The van der Waals surface area contributed by atoms with Crippen molar-refractivity contribution in [3.63, 3.8) is 0 Å². The van der Waals surface area contributed by atoms with E-state index in [1.54, 1.807) is 0 Å². The lowest BCUT2D eigenvalue weighted by molar-refractivity contribution is -0.384. The second-order valence-corrected chi connectivity index (χ2v) is 7.45. The van der Waals surface area contributed by atoms with E-state index in [4.69, 9.17) is 0 Å². The quantitative estimate of drug-likeness (QED) is 0.410. The number of carbonyl (C=O) groups excluding carboxylic acids is 1. The first-order valence-electron chi connectivity index (χ1n) is 8.57. The number of non-ortho nitro benzene ring substituents is 1. The largest absolute Gasteiger partial charge is 0.281 e. The van der Waals surface area contributed by atoms with Crippen LogP contribution in [0.5, 0.6) is 0 Å². The Balaban J connectivity index is 1.77. The van der Waals surface area contributed by atoms with Gasteiger partial charge in [-0.3, -0.25) is 25.1 Å². The fourth-order valence-corrected chi connectivity index (χ4v) is 4.07. The van der Waals surface area contributed by atoms with Crippen LogP contribution in [0.25, 0.3) is 21.3 Å². The third kappa shape index (κ3) is 3.39. The molecule has 8 nitrogen and oxygen atoms in total. The zero-order valence-electron chi connectivity index (χ0n) is 15.2. The van der Waals surface area contributed by atoms with Gasteiger partial charge in [0, 0.05) is 28.1 Å². The van der Waals surface area contributed by atoms with Crippen LogP contribution in [0.2, 0.25) is 0 Å². The lowest BCUT2D eigenvalue weighted by Gasteiger charge is -2.08. The summed E-state index contributed by atoms with van der Waals surface area (Å²) in [6, 6.07) is 14.8. The summed E-state index contributed by atoms with van der Waals surface area (Å²) in [4.78, 5) is 41.8. The van der Waals surface area contributed by atoms with Crippen molar-refractivity contribution in [1.29, 1.82) is 0 Å². The first kappa shape index (κ1) is 18.5. The van der Waals surface area contributed by atoms with E-state index in [0.29, 0.717) is 10.2 Å². The topological polar surface area (TPSA) is 107 Å². The molecule has 0 fully saturated rings. The Morgan fingerprint density at radius 1 is 1.17 bits per heavy atom. The molecule has 2 aromatic carbocycles. The van der Waals surface area contributed by atoms with Gasteiger partial charge in [-0.15, -0.1) is 11.3 Å². The van der Waals surface area contributed by atoms with Crippen LogP contribution in [0.15, 0.2) is 65.7 Å². The third-order valence-corrected chi connectivity index (χ3v) is 5.41. The van der Waals surface area contributed by atoms with E-state index in [9.17, 15) is 19.7 Å². The van der Waals surface area contributed by atoms with Gasteiger partial charge in [0.2, 0.25) is 0 Å². The molecule has 0 spiro atoms. The number of hydrogen-bond donors (Lipinski definition) is 1. The lowest BCUT2D eigenvalue weighted by Crippen LogP contribution is -2.33. The molecule has 0 aliphatic rings. The fraction of sp³-hybridized carbons (Fsp3) is 0.0500. The first-order chi connectivity index (χ1) is 14.0. The van der Waals surface area contributed by atoms with Crippen molar-refractivity contribution in [3.05, 3.63) is 91.8 Å². The van der Waals surface area contributed by atoms with Gasteiger partial charge in [0.1, 0.15) is 11.2 Å². The Kier molecular flexibility index (Phi) is 4.65. The molecule has 0 bridgehead atoms. The van der Waals surface area contributed by atoms with Gasteiger partial charge < -0.3 is 0 Å². The number of thiophene rings is 1. The van der Waals surface area contributed by atoms with Gasteiger partial charge in [0.15, 0.2) is 0 Å². The summed E-state index contributed by atoms with van der Waals surface area (Å²) in [6.45, 7) is 1.92. The van der Waals surface area contributed by atoms with Crippen LogP contribution in [0.1, 0.15) is 15.2 Å². The van der Waals surface area contributed by atoms with E-state index in [1.165, 1.54) is 35.9 Å². The van der Waals surface area contributed by atoms with E-state index < -0.39 is 16.4 Å². The molecule has 0 aliphatic heterocycles. The van der Waals surface area contributed by atoms with Crippen molar-refractivity contribution in [2.24, 2.45) is 0 Å². The second-order valence-electron chi connectivity index (χ2n) is 6.25. The monoisotopic (exact) mass is 406 g/mol. The molecule has 0 saturated carbocycles. The highest BCUT2D eigenvalue weighted by atomic mass is 32.1. The van der Waals surface area contributed by atoms with Gasteiger partial charge in [-0.2, -0.15) is 0 Å². The number of nitro groups is 1. The zero-order chi connectivity index (χ0) is 20.5. The maximum absolute atomic E-state index is 13.1. The average Bonchev–Trinajstić information content (AvgIpc) is 3.07. The molecule has 0 unspecified atom stereocenters. The summed E-state index contributed by atoms with van der Waals surface area (Å²) in [7, 11) is 0. The SMILES string of the molecule is Cc1sc2ncn(NC(=O)c3cccc([N+](=O)[O-])c3)c(=O)c2c1-c1ccccc1. The highest BCUT2D eigenvalue weighted by molar-refractivity contribution is 7.19. The van der Waals surface area contributed by atoms with E-state index in [0.717, 1.165) is 26.7 Å². The Bertz CT molecular complexity index is 1310. The van der Waals surface area contributed by atoms with E-state index >= 15 is 0 Å². The average molecular weight is 406 g/mol. The highest BCUT2D eigenvalue weighted by Gasteiger charge is 2.18.